The number of carbonyl (C=O) groups is 1. The lowest BCUT2D eigenvalue weighted by molar-refractivity contribution is -0.118. The monoisotopic (exact) mass is 442 g/mol. The molecule has 0 radical (unpaired) electrons. The Morgan fingerprint density at radius 3 is 2.64 bits per heavy atom. The molecule has 5 nitrogen and oxygen atoms in total. The molecule has 0 fully saturated rings. The first-order chi connectivity index (χ1) is 12.0. The average Bonchev–Trinajstić information content (AvgIpc) is 2.60. The molecule has 132 valence electrons. The van der Waals surface area contributed by atoms with Crippen molar-refractivity contribution in [1.29, 1.82) is 0 Å². The van der Waals surface area contributed by atoms with Crippen molar-refractivity contribution in [2.24, 2.45) is 5.10 Å². The van der Waals surface area contributed by atoms with Gasteiger partial charge in [0.05, 0.1) is 30.7 Å². The molecule has 2 rings (SSSR count). The van der Waals surface area contributed by atoms with Crippen LogP contribution in [-0.4, -0.2) is 32.1 Å². The molecule has 0 unspecified atom stereocenters. The lowest BCUT2D eigenvalue weighted by Gasteiger charge is -2.10. The van der Waals surface area contributed by atoms with Crippen molar-refractivity contribution in [2.75, 3.05) is 20.0 Å². The minimum Gasteiger partial charge on any atom is -0.493 e. The largest absolute Gasteiger partial charge is 0.493 e. The Morgan fingerprint density at radius 1 is 1.28 bits per heavy atom. The van der Waals surface area contributed by atoms with Gasteiger partial charge < -0.3 is 9.47 Å². The normalized spacial score (nSPS) is 10.7. The molecular weight excluding hydrogens is 428 g/mol. The standard InChI is InChI=1S/C17H16BrClN2O3S/c1-23-15-8-11(7-14(18)17(15)24-2)9-20-21-16(22)10-25-13-5-3-12(19)4-6-13/h3-9H,10H2,1-2H3,(H,21,22). The maximum absolute atomic E-state index is 11.8. The van der Waals surface area contributed by atoms with Crippen molar-refractivity contribution in [2.45, 2.75) is 4.90 Å². The van der Waals surface area contributed by atoms with Gasteiger partial charge in [-0.1, -0.05) is 11.6 Å². The Labute approximate surface area is 163 Å². The quantitative estimate of drug-likeness (QED) is 0.392. The molecule has 0 aliphatic rings. The molecular formula is C17H16BrClN2O3S. The molecule has 0 saturated heterocycles. The van der Waals surface area contributed by atoms with E-state index in [0.717, 1.165) is 14.9 Å². The molecule has 0 atom stereocenters. The van der Waals surface area contributed by atoms with E-state index in [-0.39, 0.29) is 11.7 Å². The zero-order chi connectivity index (χ0) is 18.2. The van der Waals surface area contributed by atoms with E-state index in [1.807, 2.05) is 18.2 Å². The number of hydrazone groups is 1. The van der Waals surface area contributed by atoms with E-state index in [2.05, 4.69) is 26.5 Å². The molecule has 0 aliphatic heterocycles. The van der Waals surface area contributed by atoms with E-state index < -0.39 is 0 Å². The minimum atomic E-state index is -0.198. The number of thioether (sulfide) groups is 1. The Bertz CT molecular complexity index is 769. The van der Waals surface area contributed by atoms with Gasteiger partial charge in [-0.2, -0.15) is 5.10 Å². The van der Waals surface area contributed by atoms with Crippen molar-refractivity contribution in [3.63, 3.8) is 0 Å². The van der Waals surface area contributed by atoms with E-state index in [4.69, 9.17) is 21.1 Å². The minimum absolute atomic E-state index is 0.198. The number of hydrogen-bond acceptors (Lipinski definition) is 5. The molecule has 0 saturated carbocycles. The third kappa shape index (κ3) is 5.95. The Balaban J connectivity index is 1.90. The van der Waals surface area contributed by atoms with Crippen LogP contribution in [0.15, 0.2) is 50.9 Å². The predicted molar refractivity (Wildman–Crippen MR) is 105 cm³/mol. The van der Waals surface area contributed by atoms with Crippen LogP contribution in [0.25, 0.3) is 0 Å². The van der Waals surface area contributed by atoms with Gasteiger partial charge in [-0.3, -0.25) is 4.79 Å². The van der Waals surface area contributed by atoms with E-state index in [9.17, 15) is 4.79 Å². The van der Waals surface area contributed by atoms with Crippen LogP contribution in [0.1, 0.15) is 5.56 Å². The van der Waals surface area contributed by atoms with Crippen LogP contribution in [0.3, 0.4) is 0 Å². The lowest BCUT2D eigenvalue weighted by Crippen LogP contribution is -2.19. The summed E-state index contributed by atoms with van der Waals surface area (Å²) >= 11 is 10.6. The highest BCUT2D eigenvalue weighted by atomic mass is 79.9. The summed E-state index contributed by atoms with van der Waals surface area (Å²) in [5.41, 5.74) is 3.25. The van der Waals surface area contributed by atoms with Crippen LogP contribution in [-0.2, 0) is 4.79 Å². The lowest BCUT2D eigenvalue weighted by atomic mass is 10.2. The number of halogens is 2. The zero-order valence-corrected chi connectivity index (χ0v) is 16.7. The van der Waals surface area contributed by atoms with E-state index >= 15 is 0 Å². The maximum atomic E-state index is 11.8. The second-order valence-corrected chi connectivity index (χ2v) is 7.11. The first kappa shape index (κ1) is 19.6. The molecule has 0 aromatic heterocycles. The summed E-state index contributed by atoms with van der Waals surface area (Å²) < 4.78 is 11.2. The molecule has 0 heterocycles. The summed E-state index contributed by atoms with van der Waals surface area (Å²) in [5, 5.41) is 4.63. The Kier molecular flexibility index (Phi) is 7.61. The smallest absolute Gasteiger partial charge is 0.250 e. The van der Waals surface area contributed by atoms with Crippen molar-refractivity contribution in [3.8, 4) is 11.5 Å². The molecule has 25 heavy (non-hydrogen) atoms. The highest BCUT2D eigenvalue weighted by Gasteiger charge is 2.09. The van der Waals surface area contributed by atoms with Crippen LogP contribution in [0.4, 0.5) is 0 Å². The van der Waals surface area contributed by atoms with Gasteiger partial charge in [-0.15, -0.1) is 11.8 Å². The third-order valence-electron chi connectivity index (χ3n) is 3.04. The van der Waals surface area contributed by atoms with Gasteiger partial charge in [0.15, 0.2) is 11.5 Å². The van der Waals surface area contributed by atoms with Gasteiger partial charge in [-0.05, 0) is 57.9 Å². The number of carbonyl (C=O) groups excluding carboxylic acids is 1. The predicted octanol–water partition coefficient (Wildman–Crippen LogP) is 4.36. The molecule has 1 N–H and O–H groups in total. The highest BCUT2D eigenvalue weighted by molar-refractivity contribution is 9.10. The summed E-state index contributed by atoms with van der Waals surface area (Å²) in [6.45, 7) is 0. The van der Waals surface area contributed by atoms with Crippen molar-refractivity contribution < 1.29 is 14.3 Å². The SMILES string of the molecule is COc1cc(C=NNC(=O)CSc2ccc(Cl)cc2)cc(Br)c1OC. The van der Waals surface area contributed by atoms with E-state index in [0.29, 0.717) is 16.5 Å². The molecule has 2 aromatic rings. The van der Waals surface area contributed by atoms with Gasteiger partial charge in [0.1, 0.15) is 0 Å². The van der Waals surface area contributed by atoms with Crippen molar-refractivity contribution in [3.05, 3.63) is 51.5 Å². The first-order valence-corrected chi connectivity index (χ1v) is 9.31. The number of methoxy groups -OCH3 is 2. The van der Waals surface area contributed by atoms with Gasteiger partial charge in [0.2, 0.25) is 5.91 Å². The highest BCUT2D eigenvalue weighted by Crippen LogP contribution is 2.35. The molecule has 2 aromatic carbocycles. The number of ether oxygens (including phenoxy) is 2. The fourth-order valence-corrected chi connectivity index (χ4v) is 3.34. The van der Waals surface area contributed by atoms with Gasteiger partial charge in [0, 0.05) is 9.92 Å². The van der Waals surface area contributed by atoms with Crippen molar-refractivity contribution >= 4 is 51.4 Å². The van der Waals surface area contributed by atoms with Gasteiger partial charge in [0.25, 0.3) is 0 Å². The number of hydrogen-bond donors (Lipinski definition) is 1. The van der Waals surface area contributed by atoms with Crippen LogP contribution in [0.2, 0.25) is 5.02 Å². The maximum Gasteiger partial charge on any atom is 0.250 e. The average molecular weight is 444 g/mol. The summed E-state index contributed by atoms with van der Waals surface area (Å²) in [7, 11) is 3.12. The van der Waals surface area contributed by atoms with Gasteiger partial charge >= 0.3 is 0 Å². The number of nitrogens with one attached hydrogen (secondary N) is 1. The number of benzene rings is 2. The second-order valence-electron chi connectivity index (χ2n) is 4.77. The summed E-state index contributed by atoms with van der Waals surface area (Å²) in [4.78, 5) is 12.8. The summed E-state index contributed by atoms with van der Waals surface area (Å²) in [5.74, 6) is 1.23. The summed E-state index contributed by atoms with van der Waals surface area (Å²) in [6, 6.07) is 10.9. The fraction of sp³-hybridized carbons (Fsp3) is 0.176. The van der Waals surface area contributed by atoms with Crippen LogP contribution >= 0.6 is 39.3 Å². The molecule has 0 spiro atoms. The van der Waals surface area contributed by atoms with Crippen LogP contribution < -0.4 is 14.9 Å². The molecule has 0 aliphatic carbocycles. The number of amides is 1. The number of nitrogens with zero attached hydrogens (tertiary/aromatic N) is 1. The van der Waals surface area contributed by atoms with Crippen molar-refractivity contribution in [1.82, 2.24) is 5.43 Å². The molecule has 0 bridgehead atoms. The molecule has 1 amide bonds. The van der Waals surface area contributed by atoms with E-state index in [1.165, 1.54) is 18.0 Å². The topological polar surface area (TPSA) is 59.9 Å². The number of rotatable bonds is 7. The third-order valence-corrected chi connectivity index (χ3v) is 4.90. The zero-order valence-electron chi connectivity index (χ0n) is 13.6. The summed E-state index contributed by atoms with van der Waals surface area (Å²) in [6.07, 6.45) is 1.54. The van der Waals surface area contributed by atoms with Gasteiger partial charge in [-0.25, -0.2) is 5.43 Å². The fourth-order valence-electron chi connectivity index (χ4n) is 1.90. The van der Waals surface area contributed by atoms with Crippen LogP contribution in [0, 0.1) is 0 Å². The Morgan fingerprint density at radius 2 is 2.00 bits per heavy atom. The molecule has 8 heteroatoms. The van der Waals surface area contributed by atoms with Crippen LogP contribution in [0.5, 0.6) is 11.5 Å². The Hall–Kier alpha value is -1.70. The van der Waals surface area contributed by atoms with E-state index in [1.54, 1.807) is 32.4 Å². The first-order valence-electron chi connectivity index (χ1n) is 7.15. The second kappa shape index (κ2) is 9.70.